The van der Waals surface area contributed by atoms with Gasteiger partial charge >= 0.3 is 0 Å². The standard InChI is InChI=1S/C15H19NO2/c17-11-12-3-4-15-13(10-12)5-7-16(15)8-6-14-2-1-9-18-14/h3-5,7,10,14,17H,1-2,6,8-9,11H2. The van der Waals surface area contributed by atoms with E-state index in [-0.39, 0.29) is 6.61 Å². The van der Waals surface area contributed by atoms with Gasteiger partial charge in [0.2, 0.25) is 0 Å². The van der Waals surface area contributed by atoms with Crippen molar-refractivity contribution in [1.82, 2.24) is 4.57 Å². The molecule has 3 heteroatoms. The number of fused-ring (bicyclic) bond motifs is 1. The van der Waals surface area contributed by atoms with E-state index in [1.165, 1.54) is 23.7 Å². The van der Waals surface area contributed by atoms with Crippen LogP contribution < -0.4 is 0 Å². The van der Waals surface area contributed by atoms with E-state index in [0.717, 1.165) is 25.1 Å². The van der Waals surface area contributed by atoms with Crippen LogP contribution in [-0.2, 0) is 17.9 Å². The highest BCUT2D eigenvalue weighted by atomic mass is 16.5. The van der Waals surface area contributed by atoms with E-state index in [0.29, 0.717) is 6.10 Å². The van der Waals surface area contributed by atoms with Gasteiger partial charge in [0.1, 0.15) is 0 Å². The molecule has 1 fully saturated rings. The van der Waals surface area contributed by atoms with Crippen LogP contribution in [-0.4, -0.2) is 22.4 Å². The summed E-state index contributed by atoms with van der Waals surface area (Å²) < 4.78 is 7.93. The lowest BCUT2D eigenvalue weighted by molar-refractivity contribution is 0.101. The average molecular weight is 245 g/mol. The molecular formula is C15H19NO2. The van der Waals surface area contributed by atoms with Crippen LogP contribution in [0, 0.1) is 0 Å². The number of ether oxygens (including phenoxy) is 1. The first-order valence-corrected chi connectivity index (χ1v) is 6.67. The first-order chi connectivity index (χ1) is 8.86. The van der Waals surface area contributed by atoms with Crippen molar-refractivity contribution in [2.45, 2.75) is 38.5 Å². The Morgan fingerprint density at radius 1 is 1.33 bits per heavy atom. The zero-order valence-electron chi connectivity index (χ0n) is 10.5. The summed E-state index contributed by atoms with van der Waals surface area (Å²) in [5.74, 6) is 0. The number of aliphatic hydroxyl groups is 1. The van der Waals surface area contributed by atoms with Crippen molar-refractivity contribution in [3.05, 3.63) is 36.0 Å². The second kappa shape index (κ2) is 5.12. The fraction of sp³-hybridized carbons (Fsp3) is 0.467. The fourth-order valence-corrected chi connectivity index (χ4v) is 2.70. The Morgan fingerprint density at radius 3 is 3.06 bits per heavy atom. The smallest absolute Gasteiger partial charge is 0.0682 e. The highest BCUT2D eigenvalue weighted by Gasteiger charge is 2.15. The Labute approximate surface area is 107 Å². The summed E-state index contributed by atoms with van der Waals surface area (Å²) in [5.41, 5.74) is 2.21. The Kier molecular flexibility index (Phi) is 3.35. The molecule has 0 saturated carbocycles. The molecule has 2 heterocycles. The summed E-state index contributed by atoms with van der Waals surface area (Å²) in [6.07, 6.45) is 6.07. The van der Waals surface area contributed by atoms with E-state index in [4.69, 9.17) is 9.84 Å². The molecule has 1 saturated heterocycles. The maximum absolute atomic E-state index is 9.13. The van der Waals surface area contributed by atoms with Gasteiger partial charge in [-0.15, -0.1) is 0 Å². The summed E-state index contributed by atoms with van der Waals surface area (Å²) in [6, 6.07) is 8.25. The number of rotatable bonds is 4. The highest BCUT2D eigenvalue weighted by Crippen LogP contribution is 2.21. The molecule has 1 atom stereocenters. The number of aromatic nitrogens is 1. The van der Waals surface area contributed by atoms with E-state index < -0.39 is 0 Å². The van der Waals surface area contributed by atoms with Gasteiger partial charge in [-0.05, 0) is 48.4 Å². The average Bonchev–Trinajstić information content (AvgIpc) is 3.05. The lowest BCUT2D eigenvalue weighted by Crippen LogP contribution is -2.09. The van der Waals surface area contributed by atoms with Crippen LogP contribution in [0.5, 0.6) is 0 Å². The van der Waals surface area contributed by atoms with Gasteiger partial charge in [0.15, 0.2) is 0 Å². The van der Waals surface area contributed by atoms with Crippen LogP contribution in [0.25, 0.3) is 10.9 Å². The minimum atomic E-state index is 0.108. The summed E-state index contributed by atoms with van der Waals surface area (Å²) in [5, 5.41) is 10.3. The van der Waals surface area contributed by atoms with E-state index in [1.54, 1.807) is 0 Å². The zero-order chi connectivity index (χ0) is 12.4. The van der Waals surface area contributed by atoms with Crippen molar-refractivity contribution < 1.29 is 9.84 Å². The van der Waals surface area contributed by atoms with Crippen molar-refractivity contribution in [1.29, 1.82) is 0 Å². The number of aryl methyl sites for hydroxylation is 1. The first-order valence-electron chi connectivity index (χ1n) is 6.67. The van der Waals surface area contributed by atoms with E-state index >= 15 is 0 Å². The molecule has 96 valence electrons. The quantitative estimate of drug-likeness (QED) is 0.898. The molecule has 3 rings (SSSR count). The molecule has 2 aromatic rings. The van der Waals surface area contributed by atoms with Gasteiger partial charge in [0.25, 0.3) is 0 Å². The molecule has 1 aliphatic rings. The molecule has 1 unspecified atom stereocenters. The van der Waals surface area contributed by atoms with Gasteiger partial charge < -0.3 is 14.4 Å². The fourth-order valence-electron chi connectivity index (χ4n) is 2.70. The molecule has 0 aliphatic carbocycles. The Hall–Kier alpha value is -1.32. The topological polar surface area (TPSA) is 34.4 Å². The number of nitrogens with zero attached hydrogens (tertiary/aromatic N) is 1. The molecule has 0 spiro atoms. The number of benzene rings is 1. The first kappa shape index (κ1) is 11.8. The number of hydrogen-bond acceptors (Lipinski definition) is 2. The largest absolute Gasteiger partial charge is 0.392 e. The number of hydrogen-bond donors (Lipinski definition) is 1. The summed E-state index contributed by atoms with van der Waals surface area (Å²) >= 11 is 0. The maximum atomic E-state index is 9.13. The second-order valence-electron chi connectivity index (χ2n) is 4.98. The van der Waals surface area contributed by atoms with Crippen LogP contribution in [0.15, 0.2) is 30.5 Å². The second-order valence-corrected chi connectivity index (χ2v) is 4.98. The molecule has 1 N–H and O–H groups in total. The van der Waals surface area contributed by atoms with E-state index in [1.807, 2.05) is 6.07 Å². The molecule has 18 heavy (non-hydrogen) atoms. The van der Waals surface area contributed by atoms with Gasteiger partial charge in [-0.2, -0.15) is 0 Å². The highest BCUT2D eigenvalue weighted by molar-refractivity contribution is 5.80. The molecule has 1 aromatic heterocycles. The van der Waals surface area contributed by atoms with Crippen LogP contribution in [0.3, 0.4) is 0 Å². The monoisotopic (exact) mass is 245 g/mol. The molecular weight excluding hydrogens is 226 g/mol. The predicted molar refractivity (Wildman–Crippen MR) is 71.5 cm³/mol. The van der Waals surface area contributed by atoms with E-state index in [2.05, 4.69) is 29.0 Å². The lowest BCUT2D eigenvalue weighted by atomic mass is 10.1. The third-order valence-corrected chi connectivity index (χ3v) is 3.73. The maximum Gasteiger partial charge on any atom is 0.0682 e. The van der Waals surface area contributed by atoms with Gasteiger partial charge in [-0.3, -0.25) is 0 Å². The predicted octanol–water partition coefficient (Wildman–Crippen LogP) is 2.70. The molecule has 0 radical (unpaired) electrons. The summed E-state index contributed by atoms with van der Waals surface area (Å²) in [4.78, 5) is 0. The van der Waals surface area contributed by atoms with Crippen molar-refractivity contribution in [3.63, 3.8) is 0 Å². The van der Waals surface area contributed by atoms with Crippen LogP contribution >= 0.6 is 0 Å². The Bertz CT molecular complexity index is 526. The van der Waals surface area contributed by atoms with Crippen LogP contribution in [0.1, 0.15) is 24.8 Å². The van der Waals surface area contributed by atoms with E-state index in [9.17, 15) is 0 Å². The third kappa shape index (κ3) is 2.28. The summed E-state index contributed by atoms with van der Waals surface area (Å²) in [6.45, 7) is 2.04. The summed E-state index contributed by atoms with van der Waals surface area (Å²) in [7, 11) is 0. The van der Waals surface area contributed by atoms with Crippen LogP contribution in [0.4, 0.5) is 0 Å². The van der Waals surface area contributed by atoms with Gasteiger partial charge in [0, 0.05) is 24.9 Å². The van der Waals surface area contributed by atoms with Crippen molar-refractivity contribution in [2.24, 2.45) is 0 Å². The Balaban J connectivity index is 1.75. The molecule has 1 aliphatic heterocycles. The van der Waals surface area contributed by atoms with Crippen molar-refractivity contribution in [3.8, 4) is 0 Å². The molecule has 0 amide bonds. The van der Waals surface area contributed by atoms with Crippen molar-refractivity contribution in [2.75, 3.05) is 6.61 Å². The minimum absolute atomic E-state index is 0.108. The molecule has 3 nitrogen and oxygen atoms in total. The minimum Gasteiger partial charge on any atom is -0.392 e. The van der Waals surface area contributed by atoms with Gasteiger partial charge in [-0.1, -0.05) is 6.07 Å². The van der Waals surface area contributed by atoms with Crippen LogP contribution in [0.2, 0.25) is 0 Å². The molecule has 0 bridgehead atoms. The zero-order valence-corrected chi connectivity index (χ0v) is 10.5. The normalized spacial score (nSPS) is 19.7. The third-order valence-electron chi connectivity index (χ3n) is 3.73. The Morgan fingerprint density at radius 2 is 2.28 bits per heavy atom. The van der Waals surface area contributed by atoms with Crippen molar-refractivity contribution >= 4 is 10.9 Å². The number of aliphatic hydroxyl groups excluding tert-OH is 1. The van der Waals surface area contributed by atoms with Gasteiger partial charge in [0.05, 0.1) is 12.7 Å². The SMILES string of the molecule is OCc1ccc2c(ccn2CCC2CCCO2)c1. The van der Waals surface area contributed by atoms with Gasteiger partial charge in [-0.25, -0.2) is 0 Å². The lowest BCUT2D eigenvalue weighted by Gasteiger charge is -2.11. The molecule has 1 aromatic carbocycles.